The molecule has 0 aliphatic heterocycles. The van der Waals surface area contributed by atoms with Gasteiger partial charge in [-0.1, -0.05) is 0 Å². The molecule has 0 fully saturated rings. The minimum absolute atomic E-state index is 0.0799. The zero-order chi connectivity index (χ0) is 13.0. The second kappa shape index (κ2) is 5.49. The van der Waals surface area contributed by atoms with Crippen LogP contribution in [0.1, 0.15) is 25.6 Å². The average molecular weight is 246 g/mol. The summed E-state index contributed by atoms with van der Waals surface area (Å²) in [7, 11) is 0. The highest BCUT2D eigenvalue weighted by Crippen LogP contribution is 2.26. The number of ether oxygens (including phenoxy) is 1. The lowest BCUT2D eigenvalue weighted by atomic mass is 10.2. The first kappa shape index (κ1) is 12.4. The highest BCUT2D eigenvalue weighted by molar-refractivity contribution is 5.59. The summed E-state index contributed by atoms with van der Waals surface area (Å²) in [5, 5.41) is 3.33. The molecule has 0 amide bonds. The van der Waals surface area contributed by atoms with Gasteiger partial charge in [-0.2, -0.15) is 0 Å². The van der Waals surface area contributed by atoms with Gasteiger partial charge in [0.2, 0.25) is 0 Å². The Bertz CT molecular complexity index is 495. The number of nitrogens with one attached hydrogen (secondary N) is 1. The number of benzene rings is 1. The van der Waals surface area contributed by atoms with Gasteiger partial charge in [0.15, 0.2) is 0 Å². The summed E-state index contributed by atoms with van der Waals surface area (Å²) < 4.78 is 10.8. The lowest BCUT2D eigenvalue weighted by molar-refractivity contribution is 0.340. The van der Waals surface area contributed by atoms with Gasteiger partial charge in [-0.05, 0) is 32.0 Å². The molecular formula is C14H18N2O2. The molecule has 96 valence electrons. The predicted octanol–water partition coefficient (Wildman–Crippen LogP) is 3.43. The van der Waals surface area contributed by atoms with Crippen molar-refractivity contribution in [3.05, 3.63) is 42.4 Å². The Morgan fingerprint density at radius 2 is 2.22 bits per heavy atom. The van der Waals surface area contributed by atoms with E-state index in [1.807, 2.05) is 44.2 Å². The second-order valence-corrected chi connectivity index (χ2v) is 4.11. The third-order valence-corrected chi connectivity index (χ3v) is 2.59. The molecular weight excluding hydrogens is 228 g/mol. The number of rotatable bonds is 5. The van der Waals surface area contributed by atoms with Gasteiger partial charge in [0.1, 0.15) is 11.5 Å². The quantitative estimate of drug-likeness (QED) is 0.793. The largest absolute Gasteiger partial charge is 0.494 e. The summed E-state index contributed by atoms with van der Waals surface area (Å²) in [6.07, 6.45) is 1.67. The van der Waals surface area contributed by atoms with Crippen LogP contribution in [-0.2, 0) is 0 Å². The first-order valence-corrected chi connectivity index (χ1v) is 6.02. The van der Waals surface area contributed by atoms with Crippen molar-refractivity contribution in [2.45, 2.75) is 19.9 Å². The van der Waals surface area contributed by atoms with E-state index in [4.69, 9.17) is 14.9 Å². The molecule has 4 heteroatoms. The molecule has 2 aromatic rings. The zero-order valence-electron chi connectivity index (χ0n) is 10.6. The van der Waals surface area contributed by atoms with Gasteiger partial charge in [0.05, 0.1) is 18.9 Å². The fraction of sp³-hybridized carbons (Fsp3) is 0.286. The van der Waals surface area contributed by atoms with Gasteiger partial charge >= 0.3 is 0 Å². The summed E-state index contributed by atoms with van der Waals surface area (Å²) in [5.41, 5.74) is 7.44. The summed E-state index contributed by atoms with van der Waals surface area (Å²) in [6.45, 7) is 4.60. The number of furan rings is 1. The van der Waals surface area contributed by atoms with Crippen molar-refractivity contribution in [3.63, 3.8) is 0 Å². The van der Waals surface area contributed by atoms with Gasteiger partial charge in [-0.3, -0.25) is 0 Å². The van der Waals surface area contributed by atoms with Gasteiger partial charge < -0.3 is 20.2 Å². The number of anilines is 2. The topological polar surface area (TPSA) is 60.4 Å². The summed E-state index contributed by atoms with van der Waals surface area (Å²) in [5.74, 6) is 1.65. The molecule has 1 atom stereocenters. The first-order valence-electron chi connectivity index (χ1n) is 6.02. The molecule has 1 aromatic heterocycles. The highest BCUT2D eigenvalue weighted by Gasteiger charge is 2.09. The Labute approximate surface area is 107 Å². The number of hydrogen-bond acceptors (Lipinski definition) is 4. The molecule has 0 bridgehead atoms. The van der Waals surface area contributed by atoms with E-state index in [1.165, 1.54) is 0 Å². The van der Waals surface area contributed by atoms with Crippen molar-refractivity contribution >= 4 is 11.4 Å². The molecule has 0 spiro atoms. The van der Waals surface area contributed by atoms with Gasteiger partial charge in [0, 0.05) is 23.5 Å². The zero-order valence-corrected chi connectivity index (χ0v) is 10.6. The van der Waals surface area contributed by atoms with Gasteiger partial charge in [-0.15, -0.1) is 0 Å². The molecule has 1 unspecified atom stereocenters. The van der Waals surface area contributed by atoms with Crippen LogP contribution in [0, 0.1) is 0 Å². The van der Waals surface area contributed by atoms with Crippen LogP contribution in [0.5, 0.6) is 5.75 Å². The molecule has 4 nitrogen and oxygen atoms in total. The van der Waals surface area contributed by atoms with E-state index < -0.39 is 0 Å². The molecule has 0 radical (unpaired) electrons. The van der Waals surface area contributed by atoms with E-state index in [9.17, 15) is 0 Å². The summed E-state index contributed by atoms with van der Waals surface area (Å²) >= 11 is 0. The lowest BCUT2D eigenvalue weighted by Gasteiger charge is -2.14. The fourth-order valence-corrected chi connectivity index (χ4v) is 1.81. The molecule has 3 N–H and O–H groups in total. The molecule has 18 heavy (non-hydrogen) atoms. The molecule has 0 saturated carbocycles. The third kappa shape index (κ3) is 2.97. The highest BCUT2D eigenvalue weighted by atomic mass is 16.5. The van der Waals surface area contributed by atoms with Crippen LogP contribution in [0.15, 0.2) is 41.0 Å². The Morgan fingerprint density at radius 1 is 1.39 bits per heavy atom. The van der Waals surface area contributed by atoms with Crippen molar-refractivity contribution in [2.24, 2.45) is 0 Å². The second-order valence-electron chi connectivity index (χ2n) is 4.11. The maximum Gasteiger partial charge on any atom is 0.125 e. The van der Waals surface area contributed by atoms with Gasteiger partial charge in [0.25, 0.3) is 0 Å². The van der Waals surface area contributed by atoms with Crippen molar-refractivity contribution < 1.29 is 9.15 Å². The smallest absolute Gasteiger partial charge is 0.125 e. The summed E-state index contributed by atoms with van der Waals surface area (Å²) in [6, 6.07) is 9.51. The number of nitrogen functional groups attached to an aromatic ring is 1. The van der Waals surface area contributed by atoms with Crippen LogP contribution in [0.4, 0.5) is 11.4 Å². The minimum Gasteiger partial charge on any atom is -0.494 e. The van der Waals surface area contributed by atoms with Crippen LogP contribution >= 0.6 is 0 Å². The van der Waals surface area contributed by atoms with Crippen molar-refractivity contribution in [2.75, 3.05) is 17.7 Å². The third-order valence-electron chi connectivity index (χ3n) is 2.59. The number of nitrogens with two attached hydrogens (primary N) is 1. The Morgan fingerprint density at radius 3 is 2.89 bits per heavy atom. The molecule has 2 rings (SSSR count). The summed E-state index contributed by atoms with van der Waals surface area (Å²) in [4.78, 5) is 0. The normalized spacial score (nSPS) is 12.1. The molecule has 0 aliphatic rings. The van der Waals surface area contributed by atoms with Crippen LogP contribution in [0.3, 0.4) is 0 Å². The van der Waals surface area contributed by atoms with E-state index >= 15 is 0 Å². The van der Waals surface area contributed by atoms with Crippen LogP contribution in [0.25, 0.3) is 0 Å². The monoisotopic (exact) mass is 246 g/mol. The fourth-order valence-electron chi connectivity index (χ4n) is 1.81. The van der Waals surface area contributed by atoms with Crippen LogP contribution in [0.2, 0.25) is 0 Å². The maximum absolute atomic E-state index is 5.84. The van der Waals surface area contributed by atoms with E-state index in [2.05, 4.69) is 5.32 Å². The molecule has 1 heterocycles. The minimum atomic E-state index is 0.0799. The Kier molecular flexibility index (Phi) is 3.77. The molecule has 0 aliphatic carbocycles. The van der Waals surface area contributed by atoms with E-state index in [0.717, 1.165) is 17.2 Å². The van der Waals surface area contributed by atoms with E-state index in [1.54, 1.807) is 6.26 Å². The lowest BCUT2D eigenvalue weighted by Crippen LogP contribution is -2.06. The van der Waals surface area contributed by atoms with Crippen molar-refractivity contribution in [1.82, 2.24) is 0 Å². The number of hydrogen-bond donors (Lipinski definition) is 2. The van der Waals surface area contributed by atoms with Crippen molar-refractivity contribution in [1.29, 1.82) is 0 Å². The maximum atomic E-state index is 5.84. The van der Waals surface area contributed by atoms with Gasteiger partial charge in [-0.25, -0.2) is 0 Å². The molecule has 0 saturated heterocycles. The first-order chi connectivity index (χ1) is 8.69. The molecule has 1 aromatic carbocycles. The van der Waals surface area contributed by atoms with Crippen LogP contribution < -0.4 is 15.8 Å². The Balaban J connectivity index is 2.13. The average Bonchev–Trinajstić information content (AvgIpc) is 2.81. The van der Waals surface area contributed by atoms with Crippen molar-refractivity contribution in [3.8, 4) is 5.75 Å². The standard InChI is InChI=1S/C14H18N2O2/c1-3-17-13-8-11(15)7-12(9-13)16-10(2)14-5-4-6-18-14/h4-10,16H,3,15H2,1-2H3. The Hall–Kier alpha value is -2.10. The predicted molar refractivity (Wildman–Crippen MR) is 72.8 cm³/mol. The van der Waals surface area contributed by atoms with E-state index in [0.29, 0.717) is 12.3 Å². The van der Waals surface area contributed by atoms with Crippen LogP contribution in [-0.4, -0.2) is 6.61 Å². The van der Waals surface area contributed by atoms with E-state index in [-0.39, 0.29) is 6.04 Å². The SMILES string of the molecule is CCOc1cc(N)cc(NC(C)c2ccco2)c1.